The quantitative estimate of drug-likeness (QED) is 0.696. The van der Waals surface area contributed by atoms with E-state index in [1.807, 2.05) is 30.5 Å². The van der Waals surface area contributed by atoms with Crippen LogP contribution in [0.4, 0.5) is 0 Å². The molecule has 22 heavy (non-hydrogen) atoms. The number of aliphatic imine (C=N–C) groups is 1. The van der Waals surface area contributed by atoms with Crippen molar-refractivity contribution in [1.82, 2.24) is 4.98 Å². The largest absolute Gasteiger partial charge is 0.457 e. The van der Waals surface area contributed by atoms with Gasteiger partial charge in [-0.25, -0.2) is 0 Å². The van der Waals surface area contributed by atoms with Gasteiger partial charge in [0.05, 0.1) is 5.71 Å². The van der Waals surface area contributed by atoms with Crippen molar-refractivity contribution in [1.29, 1.82) is 0 Å². The molecule has 2 aromatic heterocycles. The summed E-state index contributed by atoms with van der Waals surface area (Å²) in [5.41, 5.74) is 4.26. The minimum absolute atomic E-state index is 0.877. The number of benzene rings is 1. The number of aromatic nitrogens is 1. The summed E-state index contributed by atoms with van der Waals surface area (Å²) < 4.78 is 5.91. The van der Waals surface area contributed by atoms with E-state index in [0.29, 0.717) is 0 Å². The zero-order valence-electron chi connectivity index (χ0n) is 12.2. The Bertz CT molecular complexity index is 826. The maximum absolute atomic E-state index is 5.91. The van der Waals surface area contributed by atoms with Crippen molar-refractivity contribution >= 4 is 22.8 Å². The van der Waals surface area contributed by atoms with Gasteiger partial charge in [-0.15, -0.1) is 0 Å². The predicted molar refractivity (Wildman–Crippen MR) is 89.1 cm³/mol. The summed E-state index contributed by atoms with van der Waals surface area (Å²) in [7, 11) is 0. The fraction of sp³-hybridized carbons (Fsp3) is 0.158. The first-order valence-electron chi connectivity index (χ1n) is 7.54. The van der Waals surface area contributed by atoms with Crippen molar-refractivity contribution < 1.29 is 4.42 Å². The van der Waals surface area contributed by atoms with Crippen molar-refractivity contribution in [2.75, 3.05) is 6.54 Å². The van der Waals surface area contributed by atoms with Gasteiger partial charge in [0.15, 0.2) is 0 Å². The average Bonchev–Trinajstić information content (AvgIpc) is 2.98. The molecule has 4 rings (SSSR count). The third kappa shape index (κ3) is 2.46. The summed E-state index contributed by atoms with van der Waals surface area (Å²) in [5, 5.41) is 1.13. The van der Waals surface area contributed by atoms with Gasteiger partial charge in [-0.3, -0.25) is 9.98 Å². The topological polar surface area (TPSA) is 38.4 Å². The second-order valence-corrected chi connectivity index (χ2v) is 5.43. The molecule has 0 radical (unpaired) electrons. The van der Waals surface area contributed by atoms with E-state index < -0.39 is 0 Å². The molecule has 3 heterocycles. The predicted octanol–water partition coefficient (Wildman–Crippen LogP) is 4.49. The maximum Gasteiger partial charge on any atom is 0.134 e. The van der Waals surface area contributed by atoms with Gasteiger partial charge < -0.3 is 4.42 Å². The molecule has 3 nitrogen and oxygen atoms in total. The molecule has 1 aliphatic heterocycles. The minimum Gasteiger partial charge on any atom is -0.457 e. The molecule has 0 saturated heterocycles. The number of rotatable bonds is 2. The number of allylic oxidation sites excluding steroid dienone is 1. The van der Waals surface area contributed by atoms with Gasteiger partial charge >= 0.3 is 0 Å². The van der Waals surface area contributed by atoms with E-state index in [4.69, 9.17) is 9.41 Å². The van der Waals surface area contributed by atoms with E-state index in [1.54, 1.807) is 6.20 Å². The molecular formula is C19H16N2O. The highest BCUT2D eigenvalue weighted by molar-refractivity contribution is 6.15. The van der Waals surface area contributed by atoms with Gasteiger partial charge in [-0.2, -0.15) is 0 Å². The Morgan fingerprint density at radius 1 is 1.09 bits per heavy atom. The highest BCUT2D eigenvalue weighted by Crippen LogP contribution is 2.25. The number of hydrogen-bond donors (Lipinski definition) is 0. The summed E-state index contributed by atoms with van der Waals surface area (Å²) in [6, 6.07) is 14.2. The van der Waals surface area contributed by atoms with Crippen molar-refractivity contribution in [3.63, 3.8) is 0 Å². The highest BCUT2D eigenvalue weighted by atomic mass is 16.3. The first-order valence-corrected chi connectivity index (χ1v) is 7.54. The van der Waals surface area contributed by atoms with E-state index in [0.717, 1.165) is 47.4 Å². The molecule has 1 aliphatic rings. The highest BCUT2D eigenvalue weighted by Gasteiger charge is 2.15. The van der Waals surface area contributed by atoms with Crippen molar-refractivity contribution in [3.8, 4) is 0 Å². The minimum atomic E-state index is 0.877. The molecule has 3 heteroatoms. The molecule has 0 fully saturated rings. The molecule has 0 unspecified atom stereocenters. The molecule has 0 bridgehead atoms. The van der Waals surface area contributed by atoms with Crippen LogP contribution in [0.5, 0.6) is 0 Å². The van der Waals surface area contributed by atoms with Gasteiger partial charge in [0.25, 0.3) is 0 Å². The second kappa shape index (κ2) is 5.60. The fourth-order valence-electron chi connectivity index (χ4n) is 2.85. The standard InChI is InChI=1S/C19H16N2O/c1-2-8-18-14(5-1)11-17(22-18)12-15-6-4-10-21-19(15)16-7-3-9-20-13-16/h1-3,5,7-9,11-13H,4,6,10H2. The van der Waals surface area contributed by atoms with Crippen LogP contribution in [0.15, 0.2) is 69.8 Å². The third-order valence-corrected chi connectivity index (χ3v) is 3.87. The summed E-state index contributed by atoms with van der Waals surface area (Å²) in [5.74, 6) is 0.884. The summed E-state index contributed by atoms with van der Waals surface area (Å²) in [6.45, 7) is 0.877. The van der Waals surface area contributed by atoms with Crippen LogP contribution in [0.2, 0.25) is 0 Å². The Labute approximate surface area is 129 Å². The lowest BCUT2D eigenvalue weighted by molar-refractivity contribution is 0.603. The van der Waals surface area contributed by atoms with Crippen LogP contribution in [0.3, 0.4) is 0 Å². The molecule has 1 aromatic carbocycles. The molecular weight excluding hydrogens is 272 g/mol. The monoisotopic (exact) mass is 288 g/mol. The van der Waals surface area contributed by atoms with E-state index in [1.165, 1.54) is 5.57 Å². The van der Waals surface area contributed by atoms with Gasteiger partial charge in [-0.05, 0) is 48.8 Å². The molecule has 108 valence electrons. The molecule has 0 atom stereocenters. The van der Waals surface area contributed by atoms with Crippen LogP contribution in [-0.4, -0.2) is 17.2 Å². The lowest BCUT2D eigenvalue weighted by Crippen LogP contribution is -2.11. The lowest BCUT2D eigenvalue weighted by Gasteiger charge is -2.15. The number of nitrogens with zero attached hydrogens (tertiary/aromatic N) is 2. The van der Waals surface area contributed by atoms with Crippen molar-refractivity contribution in [2.45, 2.75) is 12.8 Å². The van der Waals surface area contributed by atoms with Crippen LogP contribution < -0.4 is 0 Å². The fourth-order valence-corrected chi connectivity index (χ4v) is 2.85. The SMILES string of the molecule is C(=C1CCCN=C1c1cccnc1)c1cc2ccccc2o1. The van der Waals surface area contributed by atoms with Gasteiger partial charge in [0.1, 0.15) is 11.3 Å². The molecule has 3 aromatic rings. The Kier molecular flexibility index (Phi) is 3.31. The van der Waals surface area contributed by atoms with Crippen LogP contribution in [-0.2, 0) is 0 Å². The van der Waals surface area contributed by atoms with Gasteiger partial charge in [0, 0.05) is 29.9 Å². The first-order chi connectivity index (χ1) is 10.9. The zero-order chi connectivity index (χ0) is 14.8. The lowest BCUT2D eigenvalue weighted by atomic mass is 9.96. The normalized spacial score (nSPS) is 16.9. The number of hydrogen-bond acceptors (Lipinski definition) is 3. The molecule has 0 spiro atoms. The van der Waals surface area contributed by atoms with E-state index >= 15 is 0 Å². The van der Waals surface area contributed by atoms with Crippen LogP contribution in [0.25, 0.3) is 17.0 Å². The van der Waals surface area contributed by atoms with Gasteiger partial charge in [-0.1, -0.05) is 18.2 Å². The van der Waals surface area contributed by atoms with Crippen LogP contribution >= 0.6 is 0 Å². The van der Waals surface area contributed by atoms with E-state index in [-0.39, 0.29) is 0 Å². The molecule has 0 saturated carbocycles. The van der Waals surface area contributed by atoms with Crippen LogP contribution in [0.1, 0.15) is 24.2 Å². The van der Waals surface area contributed by atoms with E-state index in [9.17, 15) is 0 Å². The summed E-state index contributed by atoms with van der Waals surface area (Å²) in [4.78, 5) is 8.90. The smallest absolute Gasteiger partial charge is 0.134 e. The van der Waals surface area contributed by atoms with Gasteiger partial charge in [0.2, 0.25) is 0 Å². The molecule has 0 aliphatic carbocycles. The Morgan fingerprint density at radius 3 is 2.91 bits per heavy atom. The average molecular weight is 288 g/mol. The zero-order valence-corrected chi connectivity index (χ0v) is 12.2. The van der Waals surface area contributed by atoms with E-state index in [2.05, 4.69) is 29.3 Å². The number of fused-ring (bicyclic) bond motifs is 1. The Morgan fingerprint density at radius 2 is 2.05 bits per heavy atom. The maximum atomic E-state index is 5.91. The Hall–Kier alpha value is -2.68. The van der Waals surface area contributed by atoms with Crippen molar-refractivity contribution in [2.24, 2.45) is 4.99 Å². The molecule has 0 amide bonds. The summed E-state index contributed by atoms with van der Waals surface area (Å²) in [6.07, 6.45) is 7.87. The van der Waals surface area contributed by atoms with Crippen LogP contribution in [0, 0.1) is 0 Å². The molecule has 0 N–H and O–H groups in total. The third-order valence-electron chi connectivity index (χ3n) is 3.87. The number of furan rings is 1. The van der Waals surface area contributed by atoms with Crippen molar-refractivity contribution in [3.05, 3.63) is 71.8 Å². The first kappa shape index (κ1) is 13.0. The number of para-hydroxylation sites is 1. The summed E-state index contributed by atoms with van der Waals surface area (Å²) >= 11 is 0. The number of pyridine rings is 1. The second-order valence-electron chi connectivity index (χ2n) is 5.43. The Balaban J connectivity index is 1.76.